The minimum absolute atomic E-state index is 0.0393. The fraction of sp³-hybridized carbons (Fsp3) is 0.750. The van der Waals surface area contributed by atoms with E-state index < -0.39 is 16.2 Å². The molecule has 0 unspecified atom stereocenters. The molecule has 7 heteroatoms. The lowest BCUT2D eigenvalue weighted by Crippen LogP contribution is -2.31. The molecular weight excluding hydrogens is 174 g/mol. The lowest BCUT2D eigenvalue weighted by atomic mass is 10.7. The molecule has 0 bridgehead atoms. The first kappa shape index (κ1) is 10.2. The van der Waals surface area contributed by atoms with Crippen molar-refractivity contribution in [2.45, 2.75) is 6.92 Å². The van der Waals surface area contributed by atoms with Gasteiger partial charge in [-0.2, -0.15) is 13.5 Å². The number of carboxylic acid groups (broad SMARTS) is 1. The van der Waals surface area contributed by atoms with Crippen molar-refractivity contribution in [2.24, 2.45) is 0 Å². The maximum atomic E-state index is 10.4. The van der Waals surface area contributed by atoms with Crippen LogP contribution in [0.25, 0.3) is 0 Å². The zero-order chi connectivity index (χ0) is 9.07. The van der Waals surface area contributed by atoms with Gasteiger partial charge in [-0.25, -0.2) is 4.79 Å². The summed E-state index contributed by atoms with van der Waals surface area (Å²) in [5.74, 6) is 0. The van der Waals surface area contributed by atoms with E-state index in [1.165, 1.54) is 6.92 Å². The molecule has 0 aromatic carbocycles. The van der Waals surface area contributed by atoms with Gasteiger partial charge in [-0.1, -0.05) is 0 Å². The quantitative estimate of drug-likeness (QED) is 0.616. The fourth-order valence-electron chi connectivity index (χ4n) is 0.383. The Morgan fingerprint density at radius 2 is 2.09 bits per heavy atom. The van der Waals surface area contributed by atoms with Crippen LogP contribution in [0.3, 0.4) is 0 Å². The van der Waals surface area contributed by atoms with Gasteiger partial charge in [0.2, 0.25) is 0 Å². The molecule has 0 aromatic heterocycles. The molecule has 0 aliphatic rings. The third-order valence-corrected chi connectivity index (χ3v) is 1.18. The summed E-state index contributed by atoms with van der Waals surface area (Å²) in [5, 5.41) is 8.60. The van der Waals surface area contributed by atoms with Gasteiger partial charge in [-0.05, 0) is 6.92 Å². The fourth-order valence-corrected chi connectivity index (χ4v) is 0.879. The van der Waals surface area contributed by atoms with Crippen molar-refractivity contribution in [3.63, 3.8) is 0 Å². The third kappa shape index (κ3) is 4.57. The van der Waals surface area contributed by atoms with Crippen LogP contribution in [0.2, 0.25) is 0 Å². The molecule has 0 aliphatic heterocycles. The Kier molecular flexibility index (Phi) is 3.27. The lowest BCUT2D eigenvalue weighted by Gasteiger charge is -2.12. The van der Waals surface area contributed by atoms with Crippen LogP contribution in [-0.2, 0) is 14.4 Å². The molecule has 0 atom stereocenters. The molecule has 0 radical (unpaired) electrons. The Balaban J connectivity index is 4.22. The molecule has 66 valence electrons. The molecule has 0 spiro atoms. The van der Waals surface area contributed by atoms with Crippen LogP contribution in [0.1, 0.15) is 6.92 Å². The van der Waals surface area contributed by atoms with Crippen LogP contribution in [-0.4, -0.2) is 37.5 Å². The summed E-state index contributed by atoms with van der Waals surface area (Å²) in [6.45, 7) is 1.42. The first-order chi connectivity index (χ1) is 4.87. The summed E-state index contributed by atoms with van der Waals surface area (Å²) in [4.78, 5) is 10.1. The van der Waals surface area contributed by atoms with Crippen LogP contribution in [0.15, 0.2) is 0 Å². The maximum absolute atomic E-state index is 10.4. The molecule has 6 nitrogen and oxygen atoms in total. The second-order valence-electron chi connectivity index (χ2n) is 1.76. The highest BCUT2D eigenvalue weighted by atomic mass is 32.2. The van der Waals surface area contributed by atoms with Gasteiger partial charge in [-0.3, -0.25) is 0 Å². The summed E-state index contributed by atoms with van der Waals surface area (Å²) in [6, 6.07) is 0. The van der Waals surface area contributed by atoms with E-state index in [1.54, 1.807) is 0 Å². The second kappa shape index (κ2) is 3.54. The Hall–Kier alpha value is -0.820. The van der Waals surface area contributed by atoms with Gasteiger partial charge in [0.15, 0.2) is 0 Å². The van der Waals surface area contributed by atoms with Gasteiger partial charge in [0.25, 0.3) is 10.1 Å². The van der Waals surface area contributed by atoms with E-state index in [2.05, 4.69) is 4.28 Å². The van der Waals surface area contributed by atoms with Crippen LogP contribution < -0.4 is 0 Å². The average Bonchev–Trinajstić information content (AvgIpc) is 1.80. The Bertz CT molecular complexity index is 233. The highest BCUT2D eigenvalue weighted by Crippen LogP contribution is 1.95. The van der Waals surface area contributed by atoms with Crippen LogP contribution >= 0.6 is 0 Å². The second-order valence-corrected chi connectivity index (χ2v) is 3.31. The van der Waals surface area contributed by atoms with E-state index in [1.807, 2.05) is 0 Å². The summed E-state index contributed by atoms with van der Waals surface area (Å²) >= 11 is 0. The first-order valence-electron chi connectivity index (χ1n) is 2.77. The molecular formula is C4H9NO5S. The highest BCUT2D eigenvalue weighted by molar-refractivity contribution is 7.85. The molecule has 11 heavy (non-hydrogen) atoms. The summed E-state index contributed by atoms with van der Waals surface area (Å²) in [6.07, 6.45) is -0.656. The zero-order valence-electron chi connectivity index (χ0n) is 6.14. The number of carbonyl (C=O) groups is 1. The molecule has 0 aliphatic carbocycles. The summed E-state index contributed by atoms with van der Waals surface area (Å²) in [7, 11) is -3.74. The predicted molar refractivity (Wildman–Crippen MR) is 36.3 cm³/mol. The Morgan fingerprint density at radius 1 is 1.64 bits per heavy atom. The number of hydrogen-bond acceptors (Lipinski definition) is 4. The normalized spacial score (nSPS) is 11.1. The first-order valence-corrected chi connectivity index (χ1v) is 4.58. The van der Waals surface area contributed by atoms with E-state index in [0.29, 0.717) is 5.06 Å². The lowest BCUT2D eigenvalue weighted by molar-refractivity contribution is -0.0246. The number of hydrogen-bond donors (Lipinski definition) is 1. The maximum Gasteiger partial charge on any atom is 0.432 e. The van der Waals surface area contributed by atoms with Gasteiger partial charge >= 0.3 is 6.09 Å². The van der Waals surface area contributed by atoms with Gasteiger partial charge < -0.3 is 5.11 Å². The van der Waals surface area contributed by atoms with Crippen molar-refractivity contribution >= 4 is 16.2 Å². The van der Waals surface area contributed by atoms with E-state index in [4.69, 9.17) is 5.11 Å². The highest BCUT2D eigenvalue weighted by Gasteiger charge is 2.15. The third-order valence-electron chi connectivity index (χ3n) is 0.726. The van der Waals surface area contributed by atoms with Crippen LogP contribution in [0, 0.1) is 0 Å². The largest absolute Gasteiger partial charge is 0.463 e. The van der Waals surface area contributed by atoms with E-state index in [0.717, 1.165) is 6.26 Å². The molecule has 0 saturated carbocycles. The molecule has 1 N–H and O–H groups in total. The van der Waals surface area contributed by atoms with Crippen molar-refractivity contribution in [1.82, 2.24) is 5.06 Å². The minimum atomic E-state index is -3.74. The monoisotopic (exact) mass is 183 g/mol. The molecule has 0 saturated heterocycles. The standard InChI is InChI=1S/C4H9NO5S/c1-3-5(4(6)7)10-11(2,8)9/h3H2,1-2H3,(H,6,7). The van der Waals surface area contributed by atoms with Crippen molar-refractivity contribution in [3.8, 4) is 0 Å². The van der Waals surface area contributed by atoms with E-state index in [9.17, 15) is 13.2 Å². The van der Waals surface area contributed by atoms with Crippen LogP contribution in [0.4, 0.5) is 4.79 Å². The Labute approximate surface area is 64.5 Å². The van der Waals surface area contributed by atoms with Gasteiger partial charge in [0, 0.05) is 0 Å². The topological polar surface area (TPSA) is 83.9 Å². The van der Waals surface area contributed by atoms with E-state index in [-0.39, 0.29) is 6.54 Å². The van der Waals surface area contributed by atoms with E-state index >= 15 is 0 Å². The van der Waals surface area contributed by atoms with Gasteiger partial charge in [0.1, 0.15) is 0 Å². The van der Waals surface area contributed by atoms with Gasteiger partial charge in [-0.15, -0.1) is 4.28 Å². The van der Waals surface area contributed by atoms with Crippen molar-refractivity contribution < 1.29 is 22.6 Å². The number of hydroxylamine groups is 2. The molecule has 0 rings (SSSR count). The SMILES string of the molecule is CCN(OS(C)(=O)=O)C(=O)O. The average molecular weight is 183 g/mol. The smallest absolute Gasteiger partial charge is 0.432 e. The Morgan fingerprint density at radius 3 is 2.18 bits per heavy atom. The minimum Gasteiger partial charge on any atom is -0.463 e. The number of amides is 1. The number of rotatable bonds is 3. The summed E-state index contributed by atoms with van der Waals surface area (Å²) in [5.41, 5.74) is 0. The number of nitrogens with zero attached hydrogens (tertiary/aromatic N) is 1. The molecule has 1 amide bonds. The molecule has 0 heterocycles. The van der Waals surface area contributed by atoms with Crippen molar-refractivity contribution in [3.05, 3.63) is 0 Å². The van der Waals surface area contributed by atoms with Crippen LogP contribution in [0.5, 0.6) is 0 Å². The summed E-state index contributed by atoms with van der Waals surface area (Å²) < 4.78 is 24.8. The molecule has 0 fully saturated rings. The zero-order valence-corrected chi connectivity index (χ0v) is 6.96. The predicted octanol–water partition coefficient (Wildman–Crippen LogP) is -0.122. The van der Waals surface area contributed by atoms with Crippen molar-refractivity contribution in [2.75, 3.05) is 12.8 Å². The molecule has 0 aromatic rings. The van der Waals surface area contributed by atoms with Crippen molar-refractivity contribution in [1.29, 1.82) is 0 Å². The van der Waals surface area contributed by atoms with Gasteiger partial charge in [0.05, 0.1) is 12.8 Å².